The Morgan fingerprint density at radius 2 is 1.46 bits per heavy atom. The van der Waals surface area contributed by atoms with Gasteiger partial charge in [-0.15, -0.1) is 0 Å². The normalized spacial score (nSPS) is 21.6. The monoisotopic (exact) mass is 316 g/mol. The van der Waals surface area contributed by atoms with E-state index in [1.165, 1.54) is 22.5 Å². The number of aliphatic imine (C=N–C) groups is 1. The fourth-order valence-corrected chi connectivity index (χ4v) is 4.11. The van der Waals surface area contributed by atoms with E-state index in [0.717, 1.165) is 11.4 Å². The summed E-state index contributed by atoms with van der Waals surface area (Å²) < 4.78 is 0. The van der Waals surface area contributed by atoms with Gasteiger partial charge in [-0.1, -0.05) is 64.1 Å². The lowest BCUT2D eigenvalue weighted by Gasteiger charge is -2.27. The molecular weight excluding hydrogens is 292 g/mol. The van der Waals surface area contributed by atoms with Crippen LogP contribution in [0.2, 0.25) is 0 Å². The van der Waals surface area contributed by atoms with Crippen molar-refractivity contribution in [3.63, 3.8) is 0 Å². The lowest BCUT2D eigenvalue weighted by atomic mass is 9.78. The van der Waals surface area contributed by atoms with Gasteiger partial charge in [0.25, 0.3) is 0 Å². The quantitative estimate of drug-likeness (QED) is 0.691. The van der Waals surface area contributed by atoms with Crippen molar-refractivity contribution in [2.24, 2.45) is 4.99 Å². The number of likely N-dealkylation sites (N-methyl/N-ethyl adjacent to an activating group) is 1. The van der Waals surface area contributed by atoms with Crippen molar-refractivity contribution in [1.29, 1.82) is 0 Å². The van der Waals surface area contributed by atoms with Gasteiger partial charge in [-0.3, -0.25) is 4.99 Å². The molecule has 0 bridgehead atoms. The molecule has 0 saturated carbocycles. The highest BCUT2D eigenvalue weighted by molar-refractivity contribution is 6.09. The lowest BCUT2D eigenvalue weighted by Crippen LogP contribution is -2.29. The first kappa shape index (κ1) is 15.2. The first-order valence-corrected chi connectivity index (χ1v) is 8.57. The zero-order valence-corrected chi connectivity index (χ0v) is 15.1. The Labute approximate surface area is 144 Å². The summed E-state index contributed by atoms with van der Waals surface area (Å²) >= 11 is 0. The minimum absolute atomic E-state index is 0.0152. The van der Waals surface area contributed by atoms with E-state index in [-0.39, 0.29) is 10.8 Å². The average Bonchev–Trinajstić information content (AvgIpc) is 2.92. The number of hydrogen-bond acceptors (Lipinski definition) is 2. The molecule has 0 saturated heterocycles. The van der Waals surface area contributed by atoms with Gasteiger partial charge in [-0.2, -0.15) is 0 Å². The molecule has 122 valence electrons. The van der Waals surface area contributed by atoms with Crippen molar-refractivity contribution in [2.75, 3.05) is 11.9 Å². The molecule has 2 aliphatic heterocycles. The Bertz CT molecular complexity index is 884. The Kier molecular flexibility index (Phi) is 3.05. The van der Waals surface area contributed by atoms with E-state index >= 15 is 0 Å². The second-order valence-electron chi connectivity index (χ2n) is 7.87. The number of nitrogens with zero attached hydrogens (tertiary/aromatic N) is 2. The molecule has 0 N–H and O–H groups in total. The summed E-state index contributed by atoms with van der Waals surface area (Å²) in [7, 11) is 2.16. The number of anilines is 1. The molecule has 0 aliphatic carbocycles. The van der Waals surface area contributed by atoms with Gasteiger partial charge in [0.15, 0.2) is 0 Å². The molecule has 0 amide bonds. The zero-order valence-electron chi connectivity index (χ0n) is 15.1. The molecule has 2 heteroatoms. The zero-order chi connectivity index (χ0) is 17.1. The van der Waals surface area contributed by atoms with Gasteiger partial charge in [0, 0.05) is 29.3 Å². The highest BCUT2D eigenvalue weighted by atomic mass is 15.2. The minimum atomic E-state index is -0.0602. The van der Waals surface area contributed by atoms with Crippen molar-refractivity contribution in [3.05, 3.63) is 71.4 Å². The SMILES string of the molecule is CN1/C(=C/C2=Nc3ccccc3C2(C)C)C(C)(C)c2ccccc21. The molecule has 24 heavy (non-hydrogen) atoms. The second kappa shape index (κ2) is 4.83. The van der Waals surface area contributed by atoms with Crippen molar-refractivity contribution in [2.45, 2.75) is 38.5 Å². The Hall–Kier alpha value is -2.35. The molecule has 2 nitrogen and oxygen atoms in total. The lowest BCUT2D eigenvalue weighted by molar-refractivity contribution is 0.639. The summed E-state index contributed by atoms with van der Waals surface area (Å²) in [5.41, 5.74) is 7.47. The van der Waals surface area contributed by atoms with Gasteiger partial charge >= 0.3 is 0 Å². The topological polar surface area (TPSA) is 15.6 Å². The highest BCUT2D eigenvalue weighted by Crippen LogP contribution is 2.48. The van der Waals surface area contributed by atoms with Crippen LogP contribution in [-0.2, 0) is 10.8 Å². The third-order valence-electron chi connectivity index (χ3n) is 5.67. The van der Waals surface area contributed by atoms with Crippen LogP contribution in [0.5, 0.6) is 0 Å². The number of benzene rings is 2. The van der Waals surface area contributed by atoms with E-state index in [2.05, 4.69) is 94.2 Å². The second-order valence-corrected chi connectivity index (χ2v) is 7.87. The molecular formula is C22H24N2. The van der Waals surface area contributed by atoms with Gasteiger partial charge < -0.3 is 4.90 Å². The maximum absolute atomic E-state index is 4.94. The highest BCUT2D eigenvalue weighted by Gasteiger charge is 2.40. The molecule has 0 atom stereocenters. The number of para-hydroxylation sites is 2. The van der Waals surface area contributed by atoms with Gasteiger partial charge in [-0.25, -0.2) is 0 Å². The Morgan fingerprint density at radius 1 is 0.833 bits per heavy atom. The standard InChI is InChI=1S/C22H24N2/c1-21(2)15-10-6-8-12-17(15)23-19(21)14-20-22(3,4)16-11-7-9-13-18(16)24(20)5/h6-14H,1-5H3/b20-14+. The predicted molar refractivity (Wildman–Crippen MR) is 103 cm³/mol. The summed E-state index contributed by atoms with van der Waals surface area (Å²) in [6, 6.07) is 17.2. The summed E-state index contributed by atoms with van der Waals surface area (Å²) in [5.74, 6) is 0. The van der Waals surface area contributed by atoms with Crippen LogP contribution < -0.4 is 4.90 Å². The molecule has 0 spiro atoms. The third kappa shape index (κ3) is 1.92. The Balaban J connectivity index is 1.84. The van der Waals surface area contributed by atoms with Crippen molar-refractivity contribution in [3.8, 4) is 0 Å². The largest absolute Gasteiger partial charge is 0.347 e. The number of hydrogen-bond donors (Lipinski definition) is 0. The Morgan fingerprint density at radius 3 is 2.12 bits per heavy atom. The molecule has 0 unspecified atom stereocenters. The van der Waals surface area contributed by atoms with E-state index in [4.69, 9.17) is 4.99 Å². The van der Waals surface area contributed by atoms with Crippen LogP contribution >= 0.6 is 0 Å². The molecule has 2 aromatic rings. The number of allylic oxidation sites excluding steroid dienone is 2. The number of rotatable bonds is 1. The van der Waals surface area contributed by atoms with Gasteiger partial charge in [0.2, 0.25) is 0 Å². The fourth-order valence-electron chi connectivity index (χ4n) is 4.11. The van der Waals surface area contributed by atoms with E-state index in [0.29, 0.717) is 0 Å². The molecule has 2 aliphatic rings. The maximum atomic E-state index is 4.94. The number of fused-ring (bicyclic) bond motifs is 2. The summed E-state index contributed by atoms with van der Waals surface area (Å²) in [6.07, 6.45) is 2.31. The minimum Gasteiger partial charge on any atom is -0.347 e. The fraction of sp³-hybridized carbons (Fsp3) is 0.318. The predicted octanol–water partition coefficient (Wildman–Crippen LogP) is 5.36. The summed E-state index contributed by atoms with van der Waals surface area (Å²) in [6.45, 7) is 9.14. The van der Waals surface area contributed by atoms with E-state index in [9.17, 15) is 0 Å². The van der Waals surface area contributed by atoms with Crippen LogP contribution in [0.1, 0.15) is 38.8 Å². The molecule has 2 heterocycles. The van der Waals surface area contributed by atoms with Crippen LogP contribution in [0.3, 0.4) is 0 Å². The smallest absolute Gasteiger partial charge is 0.0674 e. The van der Waals surface area contributed by atoms with Crippen molar-refractivity contribution < 1.29 is 0 Å². The summed E-state index contributed by atoms with van der Waals surface area (Å²) in [5, 5.41) is 0. The van der Waals surface area contributed by atoms with Crippen LogP contribution in [0, 0.1) is 0 Å². The van der Waals surface area contributed by atoms with Crippen LogP contribution in [0.15, 0.2) is 65.3 Å². The first-order valence-electron chi connectivity index (χ1n) is 8.57. The summed E-state index contributed by atoms with van der Waals surface area (Å²) in [4.78, 5) is 7.26. The van der Waals surface area contributed by atoms with Crippen LogP contribution in [0.25, 0.3) is 0 Å². The van der Waals surface area contributed by atoms with Crippen LogP contribution in [0.4, 0.5) is 11.4 Å². The third-order valence-corrected chi connectivity index (χ3v) is 5.67. The molecule has 0 fully saturated rings. The van der Waals surface area contributed by atoms with Crippen molar-refractivity contribution >= 4 is 17.1 Å². The van der Waals surface area contributed by atoms with Crippen molar-refractivity contribution in [1.82, 2.24) is 0 Å². The first-order chi connectivity index (χ1) is 11.3. The van der Waals surface area contributed by atoms with Gasteiger partial charge in [0.1, 0.15) is 0 Å². The molecule has 2 aromatic carbocycles. The van der Waals surface area contributed by atoms with E-state index in [1.807, 2.05) is 0 Å². The maximum Gasteiger partial charge on any atom is 0.0674 e. The molecule has 0 aromatic heterocycles. The average molecular weight is 316 g/mol. The van der Waals surface area contributed by atoms with Gasteiger partial charge in [0.05, 0.1) is 11.4 Å². The van der Waals surface area contributed by atoms with E-state index < -0.39 is 0 Å². The van der Waals surface area contributed by atoms with Crippen LogP contribution in [-0.4, -0.2) is 12.8 Å². The molecule has 4 rings (SSSR count). The van der Waals surface area contributed by atoms with Gasteiger partial charge in [-0.05, 0) is 29.3 Å². The molecule has 0 radical (unpaired) electrons. The van der Waals surface area contributed by atoms with E-state index in [1.54, 1.807) is 0 Å².